The van der Waals surface area contributed by atoms with E-state index in [0.717, 1.165) is 37.1 Å². The fourth-order valence-electron chi connectivity index (χ4n) is 6.27. The molecule has 5 rings (SSSR count). The summed E-state index contributed by atoms with van der Waals surface area (Å²) in [5.41, 5.74) is 1.30. The third kappa shape index (κ3) is 7.32. The minimum atomic E-state index is -4.48. The number of nitrogens with zero attached hydrogens (tertiary/aromatic N) is 3. The van der Waals surface area contributed by atoms with Crippen LogP contribution in [0.4, 0.5) is 18.9 Å². The minimum absolute atomic E-state index is 0.0625. The van der Waals surface area contributed by atoms with Crippen molar-refractivity contribution in [2.45, 2.75) is 63.7 Å². The molecule has 0 atom stereocenters. The van der Waals surface area contributed by atoms with Crippen molar-refractivity contribution in [3.63, 3.8) is 0 Å². The molecule has 0 aliphatic carbocycles. The fourth-order valence-corrected chi connectivity index (χ4v) is 6.27. The second kappa shape index (κ2) is 13.7. The zero-order chi connectivity index (χ0) is 32.0. The number of likely N-dealkylation sites (tertiary alicyclic amines) is 1. The van der Waals surface area contributed by atoms with Crippen LogP contribution in [-0.4, -0.2) is 59.4 Å². The topological polar surface area (TPSA) is 73.0 Å². The van der Waals surface area contributed by atoms with Crippen LogP contribution in [0, 0.1) is 0 Å². The van der Waals surface area contributed by atoms with Crippen LogP contribution in [-0.2, 0) is 28.7 Å². The Labute approximate surface area is 262 Å². The molecule has 0 aromatic heterocycles. The second-order valence-electron chi connectivity index (χ2n) is 11.9. The first-order valence-electron chi connectivity index (χ1n) is 15.5. The number of anilines is 1. The second-order valence-corrected chi connectivity index (χ2v) is 11.9. The zero-order valence-electron chi connectivity index (χ0n) is 25.5. The van der Waals surface area contributed by atoms with Gasteiger partial charge in [-0.1, -0.05) is 62.2 Å². The molecule has 3 aromatic carbocycles. The molecule has 3 aromatic rings. The summed E-state index contributed by atoms with van der Waals surface area (Å²) in [4.78, 5) is 45.6. The van der Waals surface area contributed by atoms with Gasteiger partial charge in [0.05, 0.1) is 12.2 Å². The molecule has 0 saturated carbocycles. The smallest absolute Gasteiger partial charge is 0.350 e. The molecule has 2 heterocycles. The zero-order valence-corrected chi connectivity index (χ0v) is 25.5. The van der Waals surface area contributed by atoms with Crippen LogP contribution >= 0.6 is 0 Å². The molecule has 0 bridgehead atoms. The van der Waals surface area contributed by atoms with E-state index in [2.05, 4.69) is 12.2 Å². The summed E-state index contributed by atoms with van der Waals surface area (Å²) < 4.78 is 39.3. The summed E-state index contributed by atoms with van der Waals surface area (Å²) in [5.74, 6) is -0.715. The molecule has 2 saturated heterocycles. The predicted octanol–water partition coefficient (Wildman–Crippen LogP) is 6.04. The van der Waals surface area contributed by atoms with Crippen molar-refractivity contribution in [1.29, 1.82) is 0 Å². The van der Waals surface area contributed by atoms with Crippen LogP contribution in [0.15, 0.2) is 78.9 Å². The highest BCUT2D eigenvalue weighted by molar-refractivity contribution is 5.97. The van der Waals surface area contributed by atoms with E-state index in [4.69, 9.17) is 0 Å². The molecule has 1 spiro atoms. The minimum Gasteiger partial charge on any atom is -0.350 e. The third-order valence-corrected chi connectivity index (χ3v) is 8.81. The first-order chi connectivity index (χ1) is 21.6. The van der Waals surface area contributed by atoms with Crippen LogP contribution in [0.5, 0.6) is 0 Å². The third-order valence-electron chi connectivity index (χ3n) is 8.81. The van der Waals surface area contributed by atoms with Crippen molar-refractivity contribution in [2.24, 2.45) is 0 Å². The highest BCUT2D eigenvalue weighted by Crippen LogP contribution is 2.39. The van der Waals surface area contributed by atoms with Gasteiger partial charge in [0.25, 0.3) is 11.8 Å². The summed E-state index contributed by atoms with van der Waals surface area (Å²) in [6.07, 6.45) is 0.788. The number of unbranched alkanes of at least 4 members (excludes halogenated alkanes) is 2. The molecule has 1 N–H and O–H groups in total. The number of halogens is 3. The highest BCUT2D eigenvalue weighted by atomic mass is 19.4. The SMILES string of the molecule is CCCCCc1ccc(C(=O)N2CCC3(CC2)C(=O)N(CC(=O)NCc2cccc(C(F)(F)F)c2)CN3c2ccccc2)cc1. The van der Waals surface area contributed by atoms with Crippen molar-refractivity contribution in [3.05, 3.63) is 101 Å². The number of amides is 3. The Morgan fingerprint density at radius 2 is 1.60 bits per heavy atom. The number of carbonyl (C=O) groups excluding carboxylic acids is 3. The van der Waals surface area contributed by atoms with Gasteiger partial charge in [0.1, 0.15) is 12.1 Å². The van der Waals surface area contributed by atoms with Crippen molar-refractivity contribution in [1.82, 2.24) is 15.1 Å². The molecule has 45 heavy (non-hydrogen) atoms. The largest absolute Gasteiger partial charge is 0.416 e. The van der Waals surface area contributed by atoms with Crippen molar-refractivity contribution < 1.29 is 27.6 Å². The van der Waals surface area contributed by atoms with Gasteiger partial charge >= 0.3 is 6.18 Å². The molecule has 0 unspecified atom stereocenters. The maximum Gasteiger partial charge on any atom is 0.416 e. The van der Waals surface area contributed by atoms with E-state index < -0.39 is 23.2 Å². The average Bonchev–Trinajstić information content (AvgIpc) is 3.30. The Morgan fingerprint density at radius 3 is 2.27 bits per heavy atom. The molecule has 2 aliphatic rings. The van der Waals surface area contributed by atoms with E-state index in [0.29, 0.717) is 37.1 Å². The van der Waals surface area contributed by atoms with Gasteiger partial charge in [-0.3, -0.25) is 14.4 Å². The van der Waals surface area contributed by atoms with Crippen LogP contribution < -0.4 is 10.2 Å². The van der Waals surface area contributed by atoms with Crippen molar-refractivity contribution >= 4 is 23.4 Å². The van der Waals surface area contributed by atoms with E-state index in [9.17, 15) is 27.6 Å². The van der Waals surface area contributed by atoms with E-state index in [-0.39, 0.29) is 31.6 Å². The molecule has 238 valence electrons. The van der Waals surface area contributed by atoms with Crippen molar-refractivity contribution in [2.75, 3.05) is 31.2 Å². The number of nitrogens with one attached hydrogen (secondary N) is 1. The number of carbonyl (C=O) groups is 3. The summed E-state index contributed by atoms with van der Waals surface area (Å²) in [7, 11) is 0. The predicted molar refractivity (Wildman–Crippen MR) is 166 cm³/mol. The number of rotatable bonds is 10. The van der Waals surface area contributed by atoms with E-state index >= 15 is 0 Å². The standard InChI is InChI=1S/C35H39F3N4O3/c1-2-3-5-9-26-14-16-28(17-15-26)32(44)40-20-18-34(19-21-40)33(45)41(25-42(34)30-12-6-4-7-13-30)24-31(43)39-23-27-10-8-11-29(22-27)35(36,37)38/h4,6-8,10-17,22H,2-3,5,9,18-21,23-25H2,1H3,(H,39,43). The first-order valence-corrected chi connectivity index (χ1v) is 15.5. The molecule has 0 radical (unpaired) electrons. The normalized spacial score (nSPS) is 16.4. The van der Waals surface area contributed by atoms with Gasteiger partial charge in [-0.15, -0.1) is 0 Å². The van der Waals surface area contributed by atoms with Gasteiger partial charge in [-0.25, -0.2) is 0 Å². The molecule has 2 aliphatic heterocycles. The Kier molecular flexibility index (Phi) is 9.80. The van der Waals surface area contributed by atoms with Gasteiger partial charge in [0.15, 0.2) is 0 Å². The quantitative estimate of drug-likeness (QED) is 0.281. The Morgan fingerprint density at radius 1 is 0.889 bits per heavy atom. The van der Waals surface area contributed by atoms with Crippen LogP contribution in [0.3, 0.4) is 0 Å². The van der Waals surface area contributed by atoms with E-state index in [1.807, 2.05) is 59.5 Å². The Balaban J connectivity index is 1.24. The van der Waals surface area contributed by atoms with Gasteiger partial charge in [-0.2, -0.15) is 13.2 Å². The average molecular weight is 621 g/mol. The van der Waals surface area contributed by atoms with Crippen molar-refractivity contribution in [3.8, 4) is 0 Å². The fraction of sp³-hybridized carbons (Fsp3) is 0.400. The first kappa shape index (κ1) is 32.1. The molecular weight excluding hydrogens is 581 g/mol. The molecular formula is C35H39F3N4O3. The van der Waals surface area contributed by atoms with Crippen LogP contribution in [0.2, 0.25) is 0 Å². The number of para-hydroxylation sites is 1. The Hall–Kier alpha value is -4.34. The number of aryl methyl sites for hydroxylation is 1. The van der Waals surface area contributed by atoms with Gasteiger partial charge in [0, 0.05) is 30.9 Å². The lowest BCUT2D eigenvalue weighted by molar-refractivity contribution is -0.138. The van der Waals surface area contributed by atoms with E-state index in [1.54, 1.807) is 4.90 Å². The maximum absolute atomic E-state index is 14.0. The molecule has 3 amide bonds. The van der Waals surface area contributed by atoms with E-state index in [1.165, 1.54) is 29.0 Å². The van der Waals surface area contributed by atoms with Gasteiger partial charge in [0.2, 0.25) is 5.91 Å². The lowest BCUT2D eigenvalue weighted by atomic mass is 9.85. The summed E-state index contributed by atoms with van der Waals surface area (Å²) in [6.45, 7) is 2.83. The lowest BCUT2D eigenvalue weighted by Gasteiger charge is -2.43. The lowest BCUT2D eigenvalue weighted by Crippen LogP contribution is -2.57. The summed E-state index contributed by atoms with van der Waals surface area (Å²) in [6, 6.07) is 22.1. The number of hydrogen-bond donors (Lipinski definition) is 1. The summed E-state index contributed by atoms with van der Waals surface area (Å²) >= 11 is 0. The molecule has 2 fully saturated rings. The number of benzene rings is 3. The number of alkyl halides is 3. The highest BCUT2D eigenvalue weighted by Gasteiger charge is 2.54. The number of hydrogen-bond acceptors (Lipinski definition) is 4. The van der Waals surface area contributed by atoms with Crippen LogP contribution in [0.1, 0.15) is 66.1 Å². The molecule has 10 heteroatoms. The van der Waals surface area contributed by atoms with Gasteiger partial charge in [-0.05, 0) is 73.2 Å². The molecule has 7 nitrogen and oxygen atoms in total. The maximum atomic E-state index is 14.0. The number of piperidine rings is 1. The Bertz CT molecular complexity index is 1490. The summed E-state index contributed by atoms with van der Waals surface area (Å²) in [5, 5.41) is 2.66. The van der Waals surface area contributed by atoms with Gasteiger partial charge < -0.3 is 20.0 Å². The monoisotopic (exact) mass is 620 g/mol. The van der Waals surface area contributed by atoms with Crippen LogP contribution in [0.25, 0.3) is 0 Å².